The van der Waals surface area contributed by atoms with Crippen molar-refractivity contribution < 1.29 is 9.53 Å². The van der Waals surface area contributed by atoms with Crippen LogP contribution in [0.4, 0.5) is 5.69 Å². The highest BCUT2D eigenvalue weighted by Crippen LogP contribution is 2.31. The molecule has 1 heterocycles. The van der Waals surface area contributed by atoms with E-state index in [-0.39, 0.29) is 5.91 Å². The van der Waals surface area contributed by atoms with E-state index >= 15 is 0 Å². The monoisotopic (exact) mass is 348 g/mol. The average Bonchev–Trinajstić information content (AvgIpc) is 2.94. The molecule has 1 atom stereocenters. The maximum absolute atomic E-state index is 12.3. The Labute approximate surface area is 147 Å². The van der Waals surface area contributed by atoms with Gasteiger partial charge in [0.15, 0.2) is 5.16 Å². The third-order valence-electron chi connectivity index (χ3n) is 3.45. The first kappa shape index (κ1) is 18.5. The summed E-state index contributed by atoms with van der Waals surface area (Å²) >= 11 is 1.46. The molecular weight excluding hydrogens is 324 g/mol. The third-order valence-corrected chi connectivity index (χ3v) is 4.58. The summed E-state index contributed by atoms with van der Waals surface area (Å²) in [5.74, 6) is 0.411. The van der Waals surface area contributed by atoms with Crippen molar-refractivity contribution in [2.75, 3.05) is 11.9 Å². The second-order valence-corrected chi connectivity index (χ2v) is 7.02. The zero-order valence-corrected chi connectivity index (χ0v) is 15.3. The first-order valence-electron chi connectivity index (χ1n) is 8.00. The topological polar surface area (TPSA) is 69.0 Å². The largest absolute Gasteiger partial charge is 0.369 e. The number of aromatic nitrogens is 3. The van der Waals surface area contributed by atoms with Crippen molar-refractivity contribution >= 4 is 23.4 Å². The van der Waals surface area contributed by atoms with Crippen LogP contribution in [0.2, 0.25) is 0 Å². The summed E-state index contributed by atoms with van der Waals surface area (Å²) in [4.78, 5) is 13.2. The molecule has 6 nitrogen and oxygen atoms in total. The number of nitrogens with one attached hydrogen (secondary N) is 1. The lowest BCUT2D eigenvalue weighted by Gasteiger charge is -2.16. The van der Waals surface area contributed by atoms with Gasteiger partial charge in [-0.3, -0.25) is 4.79 Å². The number of nitrogens with zero attached hydrogens (tertiary/aromatic N) is 3. The Morgan fingerprint density at radius 3 is 2.75 bits per heavy atom. The first-order chi connectivity index (χ1) is 11.5. The lowest BCUT2D eigenvalue weighted by atomic mass is 10.1. The van der Waals surface area contributed by atoms with Crippen LogP contribution in [-0.4, -0.2) is 33.4 Å². The van der Waals surface area contributed by atoms with Gasteiger partial charge >= 0.3 is 0 Å². The van der Waals surface area contributed by atoms with E-state index in [9.17, 15) is 4.79 Å². The number of anilines is 1. The molecule has 1 N–H and O–H groups in total. The Kier molecular flexibility index (Phi) is 6.81. The molecule has 1 aromatic heterocycles. The number of carbonyl (C=O) groups excluding carboxylic acids is 1. The van der Waals surface area contributed by atoms with Gasteiger partial charge in [-0.05, 0) is 43.2 Å². The van der Waals surface area contributed by atoms with Gasteiger partial charge in [-0.15, -0.1) is 10.2 Å². The van der Waals surface area contributed by atoms with Crippen molar-refractivity contribution in [3.63, 3.8) is 0 Å². The van der Waals surface area contributed by atoms with Crippen molar-refractivity contribution in [2.45, 2.75) is 43.3 Å². The molecule has 1 amide bonds. The lowest BCUT2D eigenvalue weighted by Crippen LogP contribution is -2.28. The molecule has 0 radical (unpaired) electrons. The van der Waals surface area contributed by atoms with Gasteiger partial charge in [0.2, 0.25) is 0 Å². The molecule has 0 bridgehead atoms. The maximum atomic E-state index is 12.3. The van der Waals surface area contributed by atoms with Crippen LogP contribution < -0.4 is 5.32 Å². The number of carbonyl (C=O) groups is 1. The fourth-order valence-electron chi connectivity index (χ4n) is 1.91. The molecule has 0 fully saturated rings. The molecule has 0 saturated carbocycles. The number of benzene rings is 1. The van der Waals surface area contributed by atoms with Crippen LogP contribution >= 0.6 is 11.8 Å². The van der Waals surface area contributed by atoms with Crippen molar-refractivity contribution in [1.29, 1.82) is 0 Å². The van der Waals surface area contributed by atoms with E-state index in [0.29, 0.717) is 12.5 Å². The molecule has 0 aliphatic carbocycles. The SMILES string of the molecule is CC(C)CCO[C@@H](C)C(=O)Nc1ccccc1Sc1nncn1C. The summed E-state index contributed by atoms with van der Waals surface area (Å²) in [5, 5.41) is 11.6. The van der Waals surface area contributed by atoms with Crippen LogP contribution in [0.25, 0.3) is 0 Å². The summed E-state index contributed by atoms with van der Waals surface area (Å²) in [6.07, 6.45) is 2.10. The number of aryl methyl sites for hydroxylation is 1. The van der Waals surface area contributed by atoms with E-state index in [1.165, 1.54) is 11.8 Å². The Bertz CT molecular complexity index is 672. The minimum absolute atomic E-state index is 0.148. The standard InChI is InChI=1S/C17H24N4O2S/c1-12(2)9-10-23-13(3)16(22)19-14-7-5-6-8-15(14)24-17-20-18-11-21(17)4/h5-8,11-13H,9-10H2,1-4H3,(H,19,22)/t13-/m0/s1. The molecule has 0 aliphatic heterocycles. The van der Waals surface area contributed by atoms with Gasteiger partial charge in [-0.25, -0.2) is 0 Å². The second-order valence-electron chi connectivity index (χ2n) is 6.01. The Morgan fingerprint density at radius 2 is 2.08 bits per heavy atom. The van der Waals surface area contributed by atoms with Crippen LogP contribution in [0.15, 0.2) is 40.6 Å². The minimum atomic E-state index is -0.489. The molecule has 0 spiro atoms. The molecule has 130 valence electrons. The number of hydrogen-bond donors (Lipinski definition) is 1. The summed E-state index contributed by atoms with van der Waals surface area (Å²) in [6, 6.07) is 7.63. The van der Waals surface area contributed by atoms with E-state index in [4.69, 9.17) is 4.74 Å². The van der Waals surface area contributed by atoms with Gasteiger partial charge in [-0.1, -0.05) is 26.0 Å². The Hall–Kier alpha value is -1.86. The van der Waals surface area contributed by atoms with E-state index in [1.807, 2.05) is 35.9 Å². The maximum Gasteiger partial charge on any atom is 0.253 e. The van der Waals surface area contributed by atoms with Gasteiger partial charge in [0, 0.05) is 18.6 Å². The van der Waals surface area contributed by atoms with Crippen LogP contribution in [-0.2, 0) is 16.6 Å². The van der Waals surface area contributed by atoms with Crippen molar-refractivity contribution in [3.05, 3.63) is 30.6 Å². The molecule has 0 aliphatic rings. The van der Waals surface area contributed by atoms with Gasteiger partial charge in [0.1, 0.15) is 12.4 Å². The number of para-hydroxylation sites is 1. The first-order valence-corrected chi connectivity index (χ1v) is 8.82. The molecule has 24 heavy (non-hydrogen) atoms. The lowest BCUT2D eigenvalue weighted by molar-refractivity contribution is -0.126. The molecule has 0 saturated heterocycles. The normalized spacial score (nSPS) is 12.4. The zero-order chi connectivity index (χ0) is 17.5. The highest BCUT2D eigenvalue weighted by molar-refractivity contribution is 7.99. The summed E-state index contributed by atoms with van der Waals surface area (Å²) in [5.41, 5.74) is 0.745. The predicted octanol–water partition coefficient (Wildman–Crippen LogP) is 3.36. The van der Waals surface area contributed by atoms with Crippen LogP contribution in [0, 0.1) is 5.92 Å². The summed E-state index contributed by atoms with van der Waals surface area (Å²) < 4.78 is 7.44. The van der Waals surface area contributed by atoms with Gasteiger partial charge < -0.3 is 14.6 Å². The average molecular weight is 348 g/mol. The minimum Gasteiger partial charge on any atom is -0.369 e. The van der Waals surface area contributed by atoms with E-state index in [2.05, 4.69) is 29.4 Å². The van der Waals surface area contributed by atoms with Gasteiger partial charge in [0.05, 0.1) is 5.69 Å². The fourth-order valence-corrected chi connectivity index (χ4v) is 2.76. The van der Waals surface area contributed by atoms with Crippen molar-refractivity contribution in [1.82, 2.24) is 14.8 Å². The van der Waals surface area contributed by atoms with E-state index in [1.54, 1.807) is 13.3 Å². The second kappa shape index (κ2) is 8.84. The highest BCUT2D eigenvalue weighted by atomic mass is 32.2. The van der Waals surface area contributed by atoms with Crippen molar-refractivity contribution in [3.8, 4) is 0 Å². The third kappa shape index (κ3) is 5.35. The predicted molar refractivity (Wildman–Crippen MR) is 95.1 cm³/mol. The summed E-state index contributed by atoms with van der Waals surface area (Å²) in [6.45, 7) is 6.62. The number of ether oxygens (including phenoxy) is 1. The molecule has 2 rings (SSSR count). The molecule has 7 heteroatoms. The van der Waals surface area contributed by atoms with Crippen molar-refractivity contribution in [2.24, 2.45) is 13.0 Å². The van der Waals surface area contributed by atoms with E-state index < -0.39 is 6.10 Å². The zero-order valence-electron chi connectivity index (χ0n) is 14.5. The Balaban J connectivity index is 1.99. The van der Waals surface area contributed by atoms with Gasteiger partial charge in [-0.2, -0.15) is 0 Å². The quantitative estimate of drug-likeness (QED) is 0.792. The molecule has 1 aromatic carbocycles. The van der Waals surface area contributed by atoms with Crippen LogP contribution in [0.5, 0.6) is 0 Å². The fraction of sp³-hybridized carbons (Fsp3) is 0.471. The number of rotatable bonds is 8. The van der Waals surface area contributed by atoms with Gasteiger partial charge in [0.25, 0.3) is 5.91 Å². The smallest absolute Gasteiger partial charge is 0.253 e. The molecule has 2 aromatic rings. The number of hydrogen-bond acceptors (Lipinski definition) is 5. The summed E-state index contributed by atoms with van der Waals surface area (Å²) in [7, 11) is 1.88. The highest BCUT2D eigenvalue weighted by Gasteiger charge is 2.16. The van der Waals surface area contributed by atoms with Crippen LogP contribution in [0.3, 0.4) is 0 Å². The molecule has 0 unspecified atom stereocenters. The number of amides is 1. The van der Waals surface area contributed by atoms with E-state index in [0.717, 1.165) is 22.2 Å². The molecular formula is C17H24N4O2S. The van der Waals surface area contributed by atoms with Crippen LogP contribution in [0.1, 0.15) is 27.2 Å². The Morgan fingerprint density at radius 1 is 1.33 bits per heavy atom.